The predicted octanol–water partition coefficient (Wildman–Crippen LogP) is 4.52. The van der Waals surface area contributed by atoms with Crippen molar-refractivity contribution in [2.24, 2.45) is 5.73 Å². The summed E-state index contributed by atoms with van der Waals surface area (Å²) < 4.78 is 1.21. The largest absolute Gasteiger partial charge is 0.370 e. The summed E-state index contributed by atoms with van der Waals surface area (Å²) in [5.74, 6) is -0.162. The molecule has 0 aliphatic carbocycles. The van der Waals surface area contributed by atoms with Gasteiger partial charge in [0.1, 0.15) is 6.29 Å². The van der Waals surface area contributed by atoms with E-state index in [1.807, 2.05) is 25.2 Å². The molecule has 8 nitrogen and oxygen atoms in total. The molecule has 3 aromatic rings. The lowest BCUT2D eigenvalue weighted by molar-refractivity contribution is -0.121. The van der Waals surface area contributed by atoms with E-state index in [-0.39, 0.29) is 17.9 Å². The summed E-state index contributed by atoms with van der Waals surface area (Å²) in [5, 5.41) is 14.7. The molecule has 0 spiro atoms. The molecule has 0 bridgehead atoms. The molecule has 3 rings (SSSR count). The Balaban J connectivity index is 0.00000102. The van der Waals surface area contributed by atoms with E-state index in [1.54, 1.807) is 24.3 Å². The van der Waals surface area contributed by atoms with Gasteiger partial charge < -0.3 is 16.4 Å². The second-order valence-corrected chi connectivity index (χ2v) is 9.31. The summed E-state index contributed by atoms with van der Waals surface area (Å²) in [5.41, 5.74) is 8.24. The highest BCUT2D eigenvalue weighted by Crippen LogP contribution is 2.24. The van der Waals surface area contributed by atoms with Crippen molar-refractivity contribution in [3.8, 4) is 6.07 Å². The maximum atomic E-state index is 12.4. The molecule has 39 heavy (non-hydrogen) atoms. The number of fused-ring (bicyclic) bond motifs is 1. The Bertz CT molecular complexity index is 1170. The number of nitrogens with zero attached hydrogens (tertiary/aromatic N) is 2. The Hall–Kier alpha value is -3.87. The normalized spacial score (nSPS) is 10.1. The van der Waals surface area contributed by atoms with Gasteiger partial charge in [-0.1, -0.05) is 56.8 Å². The van der Waals surface area contributed by atoms with Crippen LogP contribution in [-0.4, -0.2) is 42.7 Å². The van der Waals surface area contributed by atoms with Gasteiger partial charge in [0.05, 0.1) is 21.3 Å². The quantitative estimate of drug-likeness (QED) is 0.237. The number of nitriles is 1. The summed E-state index contributed by atoms with van der Waals surface area (Å²) >= 11 is 1.70. The minimum Gasteiger partial charge on any atom is -0.370 e. The van der Waals surface area contributed by atoms with Gasteiger partial charge in [0.15, 0.2) is 0 Å². The molecular formula is C30H41N5O3S. The Labute approximate surface area is 236 Å². The van der Waals surface area contributed by atoms with Crippen LogP contribution in [0.1, 0.15) is 49.7 Å². The average molecular weight is 552 g/mol. The van der Waals surface area contributed by atoms with Gasteiger partial charge in [0.2, 0.25) is 11.8 Å². The smallest absolute Gasteiger partial charge is 0.220 e. The third-order valence-electron chi connectivity index (χ3n) is 5.06. The van der Waals surface area contributed by atoms with Crippen LogP contribution in [0.25, 0.3) is 10.2 Å². The zero-order valence-corrected chi connectivity index (χ0v) is 24.2. The molecule has 9 heteroatoms. The number of carbonyl (C=O) groups excluding carboxylic acids is 3. The topological polar surface area (TPSA) is 138 Å². The lowest BCUT2D eigenvalue weighted by Gasteiger charge is -2.18. The number of primary amides is 1. The number of allylic oxidation sites excluding steroid dienone is 1. The number of aldehydes is 1. The van der Waals surface area contributed by atoms with Crippen LogP contribution < -0.4 is 16.4 Å². The van der Waals surface area contributed by atoms with E-state index in [4.69, 9.17) is 10.1 Å². The third-order valence-corrected chi connectivity index (χ3v) is 6.13. The molecule has 210 valence electrons. The van der Waals surface area contributed by atoms with Gasteiger partial charge in [-0.05, 0) is 49.2 Å². The second-order valence-electron chi connectivity index (χ2n) is 8.19. The lowest BCUT2D eigenvalue weighted by atomic mass is 10.1. The van der Waals surface area contributed by atoms with Crippen LogP contribution >= 0.6 is 11.3 Å². The Morgan fingerprint density at radius 3 is 2.31 bits per heavy atom. The number of rotatable bonds is 11. The van der Waals surface area contributed by atoms with Gasteiger partial charge >= 0.3 is 0 Å². The number of aromatic nitrogens is 1. The van der Waals surface area contributed by atoms with Crippen molar-refractivity contribution in [3.05, 3.63) is 77.3 Å². The fourth-order valence-electron chi connectivity index (χ4n) is 3.18. The Morgan fingerprint density at radius 2 is 1.79 bits per heavy atom. The number of nitrogens with two attached hydrogens (primary N) is 1. The van der Waals surface area contributed by atoms with Crippen LogP contribution in [0.2, 0.25) is 0 Å². The molecule has 1 heterocycles. The first-order chi connectivity index (χ1) is 18.8. The number of thiazole rings is 1. The van der Waals surface area contributed by atoms with Gasteiger partial charge in [-0.2, -0.15) is 5.26 Å². The first-order valence-electron chi connectivity index (χ1n) is 12.8. The number of hydrogen-bond acceptors (Lipinski definition) is 7. The number of hydrogen-bond donors (Lipinski definition) is 3. The molecule has 0 fully saturated rings. The van der Waals surface area contributed by atoms with Gasteiger partial charge in [0.25, 0.3) is 0 Å². The van der Waals surface area contributed by atoms with Crippen molar-refractivity contribution in [1.29, 1.82) is 5.26 Å². The maximum Gasteiger partial charge on any atom is 0.220 e. The Morgan fingerprint density at radius 1 is 1.18 bits per heavy atom. The summed E-state index contributed by atoms with van der Waals surface area (Å²) in [6.45, 7) is 9.17. The van der Waals surface area contributed by atoms with Crippen molar-refractivity contribution in [3.63, 3.8) is 0 Å². The van der Waals surface area contributed by atoms with Crippen LogP contribution in [0.3, 0.4) is 0 Å². The number of carbonyl (C=O) groups is 3. The van der Waals surface area contributed by atoms with E-state index in [9.17, 15) is 9.59 Å². The van der Waals surface area contributed by atoms with Crippen LogP contribution in [0.5, 0.6) is 0 Å². The summed E-state index contributed by atoms with van der Waals surface area (Å²) in [4.78, 5) is 35.8. The van der Waals surface area contributed by atoms with E-state index in [2.05, 4.69) is 65.2 Å². The van der Waals surface area contributed by atoms with Crippen molar-refractivity contribution < 1.29 is 14.4 Å². The maximum absolute atomic E-state index is 12.4. The lowest BCUT2D eigenvalue weighted by Crippen LogP contribution is -2.42. The van der Waals surface area contributed by atoms with E-state index in [0.717, 1.165) is 29.9 Å². The van der Waals surface area contributed by atoms with E-state index < -0.39 is 0 Å². The molecule has 0 aliphatic heterocycles. The number of nitrogens with one attached hydrogen (secondary N) is 2. The second kappa shape index (κ2) is 22.1. The Kier molecular flexibility index (Phi) is 19.9. The molecule has 1 aromatic heterocycles. The molecule has 0 aliphatic rings. The minimum absolute atomic E-state index is 0.0830. The first kappa shape index (κ1) is 35.1. The zero-order valence-electron chi connectivity index (χ0n) is 23.4. The average Bonchev–Trinajstić information content (AvgIpc) is 3.35. The highest BCUT2D eigenvalue weighted by Gasteiger charge is 2.13. The molecule has 1 atom stereocenters. The molecule has 0 saturated carbocycles. The van der Waals surface area contributed by atoms with E-state index >= 15 is 0 Å². The molecule has 2 amide bonds. The van der Waals surface area contributed by atoms with Gasteiger partial charge in [-0.25, -0.2) is 4.98 Å². The van der Waals surface area contributed by atoms with Crippen LogP contribution in [0.4, 0.5) is 0 Å². The van der Waals surface area contributed by atoms with Gasteiger partial charge in [-0.15, -0.1) is 11.3 Å². The predicted molar refractivity (Wildman–Crippen MR) is 160 cm³/mol. The van der Waals surface area contributed by atoms with Crippen LogP contribution in [0, 0.1) is 11.3 Å². The number of likely N-dealkylation sites (N-methyl/N-ethyl adjacent to an activating group) is 1. The van der Waals surface area contributed by atoms with Gasteiger partial charge in [-0.3, -0.25) is 14.4 Å². The number of benzene rings is 2. The van der Waals surface area contributed by atoms with Crippen LogP contribution in [-0.2, 0) is 33.6 Å². The standard InChI is InChI=1S/C22H27N3OS.C3H7NO.C3H4O.C2H3N/c1-3-16-9-10-19-20(14-16)27-22(25-19)12-11-21(26)24-18(15-23-2)13-17-7-5-4-6-8-17;1-2-3(4)5;1-2-3-4;1-2-3/h4-10,14,18,23H,3,11-13,15H2,1-2H3,(H,24,26);2H2,1H3,(H2,4,5);2-3H,1H2;1H3. The fraction of sp³-hybridized carbons (Fsp3) is 0.367. The molecule has 4 N–H and O–H groups in total. The van der Waals surface area contributed by atoms with Crippen molar-refractivity contribution >= 4 is 39.7 Å². The minimum atomic E-state index is -0.245. The van der Waals surface area contributed by atoms with Crippen molar-refractivity contribution in [2.45, 2.75) is 58.9 Å². The molecular weight excluding hydrogens is 510 g/mol. The molecule has 0 saturated heterocycles. The number of aryl methyl sites for hydroxylation is 2. The van der Waals surface area contributed by atoms with Crippen LogP contribution in [0.15, 0.2) is 61.2 Å². The van der Waals surface area contributed by atoms with E-state index in [1.165, 1.54) is 28.8 Å². The van der Waals surface area contributed by atoms with E-state index in [0.29, 0.717) is 25.5 Å². The van der Waals surface area contributed by atoms with Gasteiger partial charge in [0, 0.05) is 38.8 Å². The highest BCUT2D eigenvalue weighted by molar-refractivity contribution is 7.18. The summed E-state index contributed by atoms with van der Waals surface area (Å²) in [6, 6.07) is 18.5. The summed E-state index contributed by atoms with van der Waals surface area (Å²) in [6.07, 6.45) is 5.29. The molecule has 1 unspecified atom stereocenters. The molecule has 2 aromatic carbocycles. The SMILES string of the molecule is C=CC=O.CC#N.CCC(N)=O.CCc1ccc2nc(CCC(=O)NC(CNC)Cc3ccccc3)sc2c1. The van der Waals surface area contributed by atoms with Crippen molar-refractivity contribution in [1.82, 2.24) is 15.6 Å². The fourth-order valence-corrected chi connectivity index (χ4v) is 4.21. The highest BCUT2D eigenvalue weighted by atomic mass is 32.1. The first-order valence-corrected chi connectivity index (χ1v) is 13.6. The summed E-state index contributed by atoms with van der Waals surface area (Å²) in [7, 11) is 1.91. The number of amides is 2. The molecule has 0 radical (unpaired) electrons. The monoisotopic (exact) mass is 551 g/mol. The van der Waals surface area contributed by atoms with Crippen molar-refractivity contribution in [2.75, 3.05) is 13.6 Å². The zero-order chi connectivity index (χ0) is 29.5. The third kappa shape index (κ3) is 16.6.